The minimum atomic E-state index is -0.194. The number of hydrogen-bond donors (Lipinski definition) is 3. The average Bonchev–Trinajstić information content (AvgIpc) is 2.14. The van der Waals surface area contributed by atoms with Gasteiger partial charge in [0.15, 0.2) is 0 Å². The van der Waals surface area contributed by atoms with Gasteiger partial charge < -0.3 is 15.5 Å². The van der Waals surface area contributed by atoms with Crippen LogP contribution in [0.5, 0.6) is 5.75 Å². The number of amides is 1. The lowest BCUT2D eigenvalue weighted by molar-refractivity contribution is -0.128. The second-order valence-electron chi connectivity index (χ2n) is 3.37. The van der Waals surface area contributed by atoms with Gasteiger partial charge in [0.25, 0.3) is 0 Å². The fourth-order valence-corrected chi connectivity index (χ4v) is 1.51. The van der Waals surface area contributed by atoms with Crippen LogP contribution >= 0.6 is 0 Å². The van der Waals surface area contributed by atoms with E-state index in [4.69, 9.17) is 5.11 Å². The molecule has 1 unspecified atom stereocenters. The number of carbonyl (C=O) groups is 1. The monoisotopic (exact) mass is 193 g/mol. The van der Waals surface area contributed by atoms with Crippen LogP contribution in [0.25, 0.3) is 0 Å². The van der Waals surface area contributed by atoms with Gasteiger partial charge in [-0.3, -0.25) is 4.79 Å². The van der Waals surface area contributed by atoms with Gasteiger partial charge in [-0.2, -0.15) is 0 Å². The van der Waals surface area contributed by atoms with E-state index in [2.05, 4.69) is 5.32 Å². The number of phenols is 1. The Labute approximate surface area is 81.2 Å². The summed E-state index contributed by atoms with van der Waals surface area (Å²) in [5.41, 5.74) is 1.41. The molecule has 1 aliphatic rings. The summed E-state index contributed by atoms with van der Waals surface area (Å²) in [5, 5.41) is 21.0. The van der Waals surface area contributed by atoms with Crippen molar-refractivity contribution < 1.29 is 15.0 Å². The molecule has 1 fully saturated rings. The van der Waals surface area contributed by atoms with Crippen LogP contribution in [-0.2, 0) is 11.4 Å². The molecule has 0 radical (unpaired) electrons. The summed E-state index contributed by atoms with van der Waals surface area (Å²) in [6.45, 7) is -0.194. The van der Waals surface area contributed by atoms with Crippen molar-refractivity contribution in [2.24, 2.45) is 0 Å². The Morgan fingerprint density at radius 3 is 2.79 bits per heavy atom. The van der Waals surface area contributed by atoms with Crippen molar-refractivity contribution in [3.05, 3.63) is 29.3 Å². The fourth-order valence-electron chi connectivity index (χ4n) is 1.51. The summed E-state index contributed by atoms with van der Waals surface area (Å²) >= 11 is 0. The number of hydrogen-bond acceptors (Lipinski definition) is 3. The molecule has 1 heterocycles. The summed E-state index contributed by atoms with van der Waals surface area (Å²) in [6.07, 6.45) is 0.482. The predicted molar refractivity (Wildman–Crippen MR) is 49.5 cm³/mol. The number of nitrogens with one attached hydrogen (secondary N) is 1. The Morgan fingerprint density at radius 2 is 2.21 bits per heavy atom. The maximum absolute atomic E-state index is 10.7. The van der Waals surface area contributed by atoms with Crippen molar-refractivity contribution >= 4 is 5.91 Å². The van der Waals surface area contributed by atoms with Crippen molar-refractivity contribution in [2.75, 3.05) is 0 Å². The van der Waals surface area contributed by atoms with E-state index in [-0.39, 0.29) is 24.3 Å². The van der Waals surface area contributed by atoms with E-state index in [1.165, 1.54) is 6.07 Å². The average molecular weight is 193 g/mol. The summed E-state index contributed by atoms with van der Waals surface area (Å²) in [7, 11) is 0. The first kappa shape index (κ1) is 9.02. The van der Waals surface area contributed by atoms with Crippen molar-refractivity contribution in [3.63, 3.8) is 0 Å². The largest absolute Gasteiger partial charge is 0.508 e. The number of aliphatic hydroxyl groups excluding tert-OH is 1. The number of carbonyl (C=O) groups excluding carboxylic acids is 1. The van der Waals surface area contributed by atoms with Crippen molar-refractivity contribution in [2.45, 2.75) is 19.1 Å². The third-order valence-electron chi connectivity index (χ3n) is 2.40. The third-order valence-corrected chi connectivity index (χ3v) is 2.40. The predicted octanol–water partition coefficient (Wildman–Crippen LogP) is 0.446. The summed E-state index contributed by atoms with van der Waals surface area (Å²) < 4.78 is 0. The molecule has 1 saturated heterocycles. The van der Waals surface area contributed by atoms with Crippen LogP contribution < -0.4 is 5.32 Å². The molecule has 1 atom stereocenters. The normalized spacial score (nSPS) is 20.1. The van der Waals surface area contributed by atoms with E-state index in [0.717, 1.165) is 5.56 Å². The number of rotatable bonds is 2. The van der Waals surface area contributed by atoms with E-state index in [1.807, 2.05) is 0 Å². The van der Waals surface area contributed by atoms with E-state index in [0.29, 0.717) is 12.0 Å². The summed E-state index contributed by atoms with van der Waals surface area (Å²) in [4.78, 5) is 10.7. The summed E-state index contributed by atoms with van der Waals surface area (Å²) in [6, 6.07) is 5.03. The first-order chi connectivity index (χ1) is 6.70. The Kier molecular flexibility index (Phi) is 2.13. The second kappa shape index (κ2) is 3.31. The molecule has 1 amide bonds. The Balaban J connectivity index is 2.23. The number of aliphatic hydroxyl groups is 1. The minimum Gasteiger partial charge on any atom is -0.508 e. The maximum Gasteiger partial charge on any atom is 0.222 e. The molecule has 4 nitrogen and oxygen atoms in total. The molecule has 2 rings (SSSR count). The van der Waals surface area contributed by atoms with Crippen LogP contribution in [-0.4, -0.2) is 16.1 Å². The zero-order valence-electron chi connectivity index (χ0n) is 7.53. The molecule has 74 valence electrons. The smallest absolute Gasteiger partial charge is 0.222 e. The lowest BCUT2D eigenvalue weighted by Crippen LogP contribution is -2.41. The SMILES string of the molecule is O=C1CC(c2ccc(O)c(CO)c2)N1. The van der Waals surface area contributed by atoms with Gasteiger partial charge in [-0.15, -0.1) is 0 Å². The summed E-state index contributed by atoms with van der Waals surface area (Å²) in [5.74, 6) is 0.121. The molecular weight excluding hydrogens is 182 g/mol. The highest BCUT2D eigenvalue weighted by molar-refractivity contribution is 5.83. The molecule has 0 aliphatic carbocycles. The lowest BCUT2D eigenvalue weighted by Gasteiger charge is -2.27. The molecule has 0 bridgehead atoms. The Hall–Kier alpha value is -1.55. The molecule has 1 aromatic rings. The fraction of sp³-hybridized carbons (Fsp3) is 0.300. The van der Waals surface area contributed by atoms with Crippen molar-refractivity contribution in [3.8, 4) is 5.75 Å². The molecule has 4 heteroatoms. The van der Waals surface area contributed by atoms with Gasteiger partial charge in [-0.1, -0.05) is 6.07 Å². The Bertz CT molecular complexity index is 368. The molecule has 0 spiro atoms. The van der Waals surface area contributed by atoms with Crippen LogP contribution in [0.15, 0.2) is 18.2 Å². The van der Waals surface area contributed by atoms with E-state index in [1.54, 1.807) is 12.1 Å². The minimum absolute atomic E-state index is 0.0356. The highest BCUT2D eigenvalue weighted by atomic mass is 16.3. The lowest BCUT2D eigenvalue weighted by atomic mass is 9.95. The van der Waals surface area contributed by atoms with E-state index >= 15 is 0 Å². The van der Waals surface area contributed by atoms with Crippen LogP contribution in [0.3, 0.4) is 0 Å². The third kappa shape index (κ3) is 1.44. The molecule has 14 heavy (non-hydrogen) atoms. The first-order valence-electron chi connectivity index (χ1n) is 4.42. The molecular formula is C10H11NO3. The van der Waals surface area contributed by atoms with Gasteiger partial charge in [0, 0.05) is 5.56 Å². The number of aromatic hydroxyl groups is 1. The van der Waals surface area contributed by atoms with Crippen LogP contribution in [0.2, 0.25) is 0 Å². The number of benzene rings is 1. The zero-order chi connectivity index (χ0) is 10.1. The van der Waals surface area contributed by atoms with Crippen LogP contribution in [0.4, 0.5) is 0 Å². The molecule has 0 aromatic heterocycles. The van der Waals surface area contributed by atoms with Gasteiger partial charge in [0.05, 0.1) is 19.1 Å². The van der Waals surface area contributed by atoms with Gasteiger partial charge in [-0.05, 0) is 17.7 Å². The highest BCUT2D eigenvalue weighted by Gasteiger charge is 2.26. The molecule has 3 N–H and O–H groups in total. The van der Waals surface area contributed by atoms with Crippen molar-refractivity contribution in [1.82, 2.24) is 5.32 Å². The quantitative estimate of drug-likeness (QED) is 0.597. The second-order valence-corrected chi connectivity index (χ2v) is 3.37. The molecule has 0 saturated carbocycles. The van der Waals surface area contributed by atoms with Crippen LogP contribution in [0, 0.1) is 0 Å². The van der Waals surface area contributed by atoms with Gasteiger partial charge in [-0.25, -0.2) is 0 Å². The van der Waals surface area contributed by atoms with Gasteiger partial charge in [0.1, 0.15) is 5.75 Å². The maximum atomic E-state index is 10.7. The topological polar surface area (TPSA) is 69.6 Å². The number of β-lactam (4-membered cyclic amide) rings is 1. The highest BCUT2D eigenvalue weighted by Crippen LogP contribution is 2.27. The standard InChI is InChI=1S/C10H11NO3/c12-5-7-3-6(1-2-9(7)13)8-4-10(14)11-8/h1-3,8,12-13H,4-5H2,(H,11,14). The van der Waals surface area contributed by atoms with Crippen LogP contribution in [0.1, 0.15) is 23.6 Å². The first-order valence-corrected chi connectivity index (χ1v) is 4.42. The van der Waals surface area contributed by atoms with Gasteiger partial charge in [0.2, 0.25) is 5.91 Å². The molecule has 1 aliphatic heterocycles. The zero-order valence-corrected chi connectivity index (χ0v) is 7.53. The van der Waals surface area contributed by atoms with E-state index < -0.39 is 0 Å². The van der Waals surface area contributed by atoms with Gasteiger partial charge >= 0.3 is 0 Å². The molecule has 1 aromatic carbocycles. The van der Waals surface area contributed by atoms with Crippen molar-refractivity contribution in [1.29, 1.82) is 0 Å². The Morgan fingerprint density at radius 1 is 1.50 bits per heavy atom. The van der Waals surface area contributed by atoms with E-state index in [9.17, 15) is 9.90 Å².